The fraction of sp³-hybridized carbons (Fsp3) is 1.00. The summed E-state index contributed by atoms with van der Waals surface area (Å²) in [5, 5.41) is 3.27. The van der Waals surface area contributed by atoms with Crippen LogP contribution < -0.4 is 5.32 Å². The molecule has 0 atom stereocenters. The van der Waals surface area contributed by atoms with Gasteiger partial charge in [0.25, 0.3) is 0 Å². The Hall–Kier alpha value is 0.690. The van der Waals surface area contributed by atoms with E-state index in [0.29, 0.717) is 0 Å². The molecule has 0 amide bonds. The molecule has 0 unspecified atom stereocenters. The topological polar surface area (TPSA) is 12.0 Å². The minimum Gasteiger partial charge on any atom is -0.304 e. The van der Waals surface area contributed by atoms with Gasteiger partial charge in [0.2, 0.25) is 0 Å². The molecular weight excluding hydrogens is 201 g/mol. The van der Waals surface area contributed by atoms with Gasteiger partial charge in [-0.15, -0.1) is 0 Å². The van der Waals surface area contributed by atoms with Crippen molar-refractivity contribution < 1.29 is 0 Å². The number of rotatable bonds is 2. The predicted octanol–water partition coefficient (Wildman–Crippen LogP) is 1.77. The van der Waals surface area contributed by atoms with E-state index in [1.165, 1.54) is 0 Å². The van der Waals surface area contributed by atoms with Gasteiger partial charge in [-0.25, -0.2) is 0 Å². The highest BCUT2D eigenvalue weighted by Crippen LogP contribution is 2.10. The van der Waals surface area contributed by atoms with Crippen molar-refractivity contribution in [3.8, 4) is 0 Å². The summed E-state index contributed by atoms with van der Waals surface area (Å²) in [5.41, 5.74) is 0. The Bertz CT molecular complexity index is 46.5. The lowest BCUT2D eigenvalue weighted by molar-refractivity contribution is 0.589. The van der Waals surface area contributed by atoms with Crippen LogP contribution in [0.2, 0.25) is 0 Å². The standard InChI is InChI=1S/C5H12IN/c1-4-7-5(2,3)6/h7H,4H2,1-3H3. The summed E-state index contributed by atoms with van der Waals surface area (Å²) in [5.74, 6) is 0. The van der Waals surface area contributed by atoms with Crippen LogP contribution in [0.3, 0.4) is 0 Å². The average molecular weight is 213 g/mol. The van der Waals surface area contributed by atoms with Crippen LogP contribution in [0.5, 0.6) is 0 Å². The summed E-state index contributed by atoms with van der Waals surface area (Å²) < 4.78 is 0.270. The van der Waals surface area contributed by atoms with Crippen LogP contribution in [0.1, 0.15) is 20.8 Å². The van der Waals surface area contributed by atoms with Crippen LogP contribution in [0, 0.1) is 0 Å². The zero-order valence-electron chi connectivity index (χ0n) is 5.09. The maximum absolute atomic E-state index is 3.27. The molecule has 0 saturated carbocycles. The van der Waals surface area contributed by atoms with E-state index in [4.69, 9.17) is 0 Å². The molecule has 0 saturated heterocycles. The first-order valence-electron chi connectivity index (χ1n) is 2.50. The molecular formula is C5H12IN. The van der Waals surface area contributed by atoms with Crippen molar-refractivity contribution in [3.63, 3.8) is 0 Å². The molecule has 0 aliphatic rings. The van der Waals surface area contributed by atoms with E-state index in [9.17, 15) is 0 Å². The molecule has 0 aromatic rings. The molecule has 7 heavy (non-hydrogen) atoms. The van der Waals surface area contributed by atoms with Crippen molar-refractivity contribution in [2.45, 2.75) is 24.3 Å². The van der Waals surface area contributed by atoms with E-state index in [1.807, 2.05) is 0 Å². The molecule has 0 heterocycles. The van der Waals surface area contributed by atoms with Crippen LogP contribution in [-0.2, 0) is 0 Å². The van der Waals surface area contributed by atoms with E-state index in [1.54, 1.807) is 0 Å². The molecule has 0 bridgehead atoms. The van der Waals surface area contributed by atoms with Gasteiger partial charge < -0.3 is 5.32 Å². The largest absolute Gasteiger partial charge is 0.304 e. The Morgan fingerprint density at radius 1 is 1.57 bits per heavy atom. The molecule has 44 valence electrons. The Balaban J connectivity index is 3.15. The molecule has 0 fully saturated rings. The zero-order valence-corrected chi connectivity index (χ0v) is 7.24. The lowest BCUT2D eigenvalue weighted by atomic mass is 10.4. The van der Waals surface area contributed by atoms with Crippen molar-refractivity contribution in [3.05, 3.63) is 0 Å². The van der Waals surface area contributed by atoms with Crippen LogP contribution in [0.25, 0.3) is 0 Å². The lowest BCUT2D eigenvalue weighted by Gasteiger charge is -2.15. The summed E-state index contributed by atoms with van der Waals surface area (Å²) in [6.45, 7) is 7.46. The molecule has 0 spiro atoms. The Morgan fingerprint density at radius 3 is 2.00 bits per heavy atom. The quantitative estimate of drug-likeness (QED) is 0.418. The smallest absolute Gasteiger partial charge is 0.0648 e. The second-order valence-corrected chi connectivity index (χ2v) is 4.70. The number of halogens is 1. The van der Waals surface area contributed by atoms with Gasteiger partial charge in [-0.05, 0) is 20.4 Å². The molecule has 0 rings (SSSR count). The lowest BCUT2D eigenvalue weighted by Crippen LogP contribution is -2.31. The molecule has 0 aliphatic heterocycles. The third-order valence-corrected chi connectivity index (χ3v) is 0.979. The summed E-state index contributed by atoms with van der Waals surface area (Å²) in [4.78, 5) is 0. The number of hydrogen-bond acceptors (Lipinski definition) is 1. The van der Waals surface area contributed by atoms with Gasteiger partial charge in [0.15, 0.2) is 0 Å². The van der Waals surface area contributed by atoms with Gasteiger partial charge in [-0.3, -0.25) is 0 Å². The first kappa shape index (κ1) is 7.69. The maximum atomic E-state index is 3.27. The van der Waals surface area contributed by atoms with Crippen LogP contribution in [0.4, 0.5) is 0 Å². The Kier molecular flexibility index (Phi) is 3.15. The maximum Gasteiger partial charge on any atom is 0.0648 e. The van der Waals surface area contributed by atoms with Gasteiger partial charge in [-0.2, -0.15) is 0 Å². The van der Waals surface area contributed by atoms with Gasteiger partial charge in [0.05, 0.1) is 3.55 Å². The molecule has 1 N–H and O–H groups in total. The molecule has 1 nitrogen and oxygen atoms in total. The van der Waals surface area contributed by atoms with E-state index in [2.05, 4.69) is 48.7 Å². The molecule has 0 aromatic carbocycles. The monoisotopic (exact) mass is 213 g/mol. The summed E-state index contributed by atoms with van der Waals surface area (Å²) in [6.07, 6.45) is 0. The fourth-order valence-electron chi connectivity index (χ4n) is 0.420. The van der Waals surface area contributed by atoms with Gasteiger partial charge in [0, 0.05) is 0 Å². The zero-order chi connectivity index (χ0) is 5.91. The van der Waals surface area contributed by atoms with Crippen LogP contribution in [0.15, 0.2) is 0 Å². The van der Waals surface area contributed by atoms with Gasteiger partial charge >= 0.3 is 0 Å². The molecule has 0 aliphatic carbocycles. The van der Waals surface area contributed by atoms with Crippen molar-refractivity contribution in [1.82, 2.24) is 5.32 Å². The first-order chi connectivity index (χ1) is 3.06. The average Bonchev–Trinajstić information content (AvgIpc) is 1.30. The highest BCUT2D eigenvalue weighted by Gasteiger charge is 2.07. The predicted molar refractivity (Wildman–Crippen MR) is 41.8 cm³/mol. The van der Waals surface area contributed by atoms with Gasteiger partial charge in [0.1, 0.15) is 0 Å². The van der Waals surface area contributed by atoms with E-state index in [0.717, 1.165) is 6.54 Å². The molecule has 0 aromatic heterocycles. The highest BCUT2D eigenvalue weighted by molar-refractivity contribution is 14.1. The van der Waals surface area contributed by atoms with Crippen molar-refractivity contribution in [2.75, 3.05) is 6.54 Å². The minimum atomic E-state index is 0.270. The summed E-state index contributed by atoms with van der Waals surface area (Å²) in [6, 6.07) is 0. The number of nitrogens with one attached hydrogen (secondary N) is 1. The third kappa shape index (κ3) is 6.69. The fourth-order valence-corrected chi connectivity index (χ4v) is 0.802. The second-order valence-electron chi connectivity index (χ2n) is 2.00. The van der Waals surface area contributed by atoms with Crippen molar-refractivity contribution in [1.29, 1.82) is 0 Å². The first-order valence-corrected chi connectivity index (χ1v) is 3.58. The van der Waals surface area contributed by atoms with Crippen LogP contribution >= 0.6 is 22.6 Å². The number of hydrogen-bond donors (Lipinski definition) is 1. The van der Waals surface area contributed by atoms with Gasteiger partial charge in [-0.1, -0.05) is 29.5 Å². The third-order valence-electron chi connectivity index (χ3n) is 0.597. The van der Waals surface area contributed by atoms with E-state index < -0.39 is 0 Å². The van der Waals surface area contributed by atoms with Crippen molar-refractivity contribution >= 4 is 22.6 Å². The highest BCUT2D eigenvalue weighted by atomic mass is 127. The van der Waals surface area contributed by atoms with Crippen LogP contribution in [-0.4, -0.2) is 10.1 Å². The summed E-state index contributed by atoms with van der Waals surface area (Å²) in [7, 11) is 0. The Morgan fingerprint density at radius 2 is 2.00 bits per heavy atom. The van der Waals surface area contributed by atoms with E-state index in [-0.39, 0.29) is 3.55 Å². The Labute approximate surface area is 59.0 Å². The number of alkyl halides is 1. The molecule has 2 heteroatoms. The minimum absolute atomic E-state index is 0.270. The molecule has 0 radical (unpaired) electrons. The summed E-state index contributed by atoms with van der Waals surface area (Å²) >= 11 is 2.37. The SMILES string of the molecule is CCNC(C)(C)I. The van der Waals surface area contributed by atoms with E-state index >= 15 is 0 Å². The second kappa shape index (κ2) is 2.87. The van der Waals surface area contributed by atoms with Crippen molar-refractivity contribution in [2.24, 2.45) is 0 Å². The normalized spacial score (nSPS) is 12.0.